The first-order valence-electron chi connectivity index (χ1n) is 6.59. The van der Waals surface area contributed by atoms with E-state index in [-0.39, 0.29) is 16.3 Å². The Morgan fingerprint density at radius 3 is 2.13 bits per heavy atom. The van der Waals surface area contributed by atoms with Gasteiger partial charge in [-0.05, 0) is 49.2 Å². The molecule has 0 amide bonds. The van der Waals surface area contributed by atoms with Crippen molar-refractivity contribution in [3.8, 4) is 11.5 Å². The van der Waals surface area contributed by atoms with Crippen LogP contribution < -0.4 is 8.92 Å². The molecule has 8 heteroatoms. The summed E-state index contributed by atoms with van der Waals surface area (Å²) >= 11 is 0. The van der Waals surface area contributed by atoms with Crippen molar-refractivity contribution in [3.05, 3.63) is 57.6 Å². The molecule has 0 radical (unpaired) electrons. The Labute approximate surface area is 133 Å². The number of methoxy groups -OCH3 is 1. The average Bonchev–Trinajstić information content (AvgIpc) is 2.49. The Morgan fingerprint density at radius 2 is 1.61 bits per heavy atom. The molecule has 0 fully saturated rings. The third-order valence-corrected chi connectivity index (χ3v) is 4.82. The third kappa shape index (κ3) is 3.42. The molecule has 0 saturated carbocycles. The van der Waals surface area contributed by atoms with Crippen LogP contribution in [-0.4, -0.2) is 20.5 Å². The highest BCUT2D eigenvalue weighted by Crippen LogP contribution is 2.29. The molecule has 0 aliphatic rings. The number of nitro benzene ring substituents is 1. The predicted molar refractivity (Wildman–Crippen MR) is 83.4 cm³/mol. The SMILES string of the molecule is COc1ccc(S(=O)(=O)Oc2ccc([N+](=O)[O-])cc2)c(C)c1C. The summed E-state index contributed by atoms with van der Waals surface area (Å²) < 4.78 is 35.0. The second-order valence-electron chi connectivity index (χ2n) is 4.80. The normalized spacial score (nSPS) is 11.1. The van der Waals surface area contributed by atoms with Gasteiger partial charge in [0.05, 0.1) is 12.0 Å². The van der Waals surface area contributed by atoms with Crippen molar-refractivity contribution in [3.63, 3.8) is 0 Å². The van der Waals surface area contributed by atoms with Crippen LogP contribution in [0.2, 0.25) is 0 Å². The molecular weight excluding hydrogens is 322 g/mol. The average molecular weight is 337 g/mol. The van der Waals surface area contributed by atoms with Crippen LogP contribution >= 0.6 is 0 Å². The van der Waals surface area contributed by atoms with Gasteiger partial charge in [0, 0.05) is 12.1 Å². The van der Waals surface area contributed by atoms with Crippen LogP contribution in [-0.2, 0) is 10.1 Å². The zero-order chi connectivity index (χ0) is 17.2. The van der Waals surface area contributed by atoms with Crippen molar-refractivity contribution in [2.24, 2.45) is 0 Å². The quantitative estimate of drug-likeness (QED) is 0.473. The molecular formula is C15H15NO6S. The van der Waals surface area contributed by atoms with E-state index in [1.54, 1.807) is 19.9 Å². The molecule has 0 saturated heterocycles. The fourth-order valence-electron chi connectivity index (χ4n) is 2.06. The van der Waals surface area contributed by atoms with Gasteiger partial charge in [0.1, 0.15) is 16.4 Å². The maximum atomic E-state index is 12.4. The van der Waals surface area contributed by atoms with Crippen LogP contribution in [0, 0.1) is 24.0 Å². The van der Waals surface area contributed by atoms with E-state index in [1.165, 1.54) is 37.4 Å². The lowest BCUT2D eigenvalue weighted by Crippen LogP contribution is -2.12. The number of hydrogen-bond donors (Lipinski definition) is 0. The highest BCUT2D eigenvalue weighted by Gasteiger charge is 2.22. The highest BCUT2D eigenvalue weighted by molar-refractivity contribution is 7.87. The molecule has 0 aromatic heterocycles. The summed E-state index contributed by atoms with van der Waals surface area (Å²) in [6, 6.07) is 7.78. The van der Waals surface area contributed by atoms with Crippen molar-refractivity contribution >= 4 is 15.8 Å². The van der Waals surface area contributed by atoms with Gasteiger partial charge in [0.2, 0.25) is 0 Å². The molecule has 0 aliphatic carbocycles. The van der Waals surface area contributed by atoms with E-state index in [4.69, 9.17) is 8.92 Å². The zero-order valence-corrected chi connectivity index (χ0v) is 13.6. The van der Waals surface area contributed by atoms with Gasteiger partial charge in [-0.15, -0.1) is 0 Å². The van der Waals surface area contributed by atoms with Crippen LogP contribution in [0.3, 0.4) is 0 Å². The number of nitrogens with zero attached hydrogens (tertiary/aromatic N) is 1. The summed E-state index contributed by atoms with van der Waals surface area (Å²) in [5.74, 6) is 0.584. The van der Waals surface area contributed by atoms with Crippen LogP contribution in [0.25, 0.3) is 0 Å². The van der Waals surface area contributed by atoms with Gasteiger partial charge < -0.3 is 8.92 Å². The standard InChI is InChI=1S/C15H15NO6S/c1-10-11(2)15(9-8-14(10)21-3)23(19,20)22-13-6-4-12(5-7-13)16(17)18/h4-9H,1-3H3. The van der Waals surface area contributed by atoms with E-state index < -0.39 is 15.0 Å². The van der Waals surface area contributed by atoms with Crippen molar-refractivity contribution in [1.82, 2.24) is 0 Å². The summed E-state index contributed by atoms with van der Waals surface area (Å²) in [7, 11) is -2.55. The van der Waals surface area contributed by atoms with Gasteiger partial charge in [-0.2, -0.15) is 8.42 Å². The number of benzene rings is 2. The summed E-state index contributed by atoms with van der Waals surface area (Å²) in [4.78, 5) is 10.0. The van der Waals surface area contributed by atoms with Crippen molar-refractivity contribution in [2.45, 2.75) is 18.7 Å². The van der Waals surface area contributed by atoms with Crippen molar-refractivity contribution in [2.75, 3.05) is 7.11 Å². The number of rotatable bonds is 5. The molecule has 0 aliphatic heterocycles. The molecule has 0 N–H and O–H groups in total. The topological polar surface area (TPSA) is 95.7 Å². The largest absolute Gasteiger partial charge is 0.496 e. The number of ether oxygens (including phenoxy) is 1. The Bertz CT molecular complexity index is 843. The fraction of sp³-hybridized carbons (Fsp3) is 0.200. The zero-order valence-electron chi connectivity index (χ0n) is 12.8. The lowest BCUT2D eigenvalue weighted by atomic mass is 10.1. The first-order valence-corrected chi connectivity index (χ1v) is 8.00. The minimum atomic E-state index is -4.05. The Kier molecular flexibility index (Phi) is 4.55. The minimum absolute atomic E-state index is 0.00321. The van der Waals surface area contributed by atoms with E-state index in [0.717, 1.165) is 0 Å². The van der Waals surface area contributed by atoms with Gasteiger partial charge in [-0.25, -0.2) is 0 Å². The summed E-state index contributed by atoms with van der Waals surface area (Å²) in [6.45, 7) is 3.41. The van der Waals surface area contributed by atoms with E-state index in [1.807, 2.05) is 0 Å². The van der Waals surface area contributed by atoms with Crippen LogP contribution in [0.15, 0.2) is 41.3 Å². The number of non-ortho nitro benzene ring substituents is 1. The van der Waals surface area contributed by atoms with E-state index in [9.17, 15) is 18.5 Å². The smallest absolute Gasteiger partial charge is 0.339 e. The molecule has 0 spiro atoms. The number of hydrogen-bond acceptors (Lipinski definition) is 6. The second kappa shape index (κ2) is 6.25. The third-order valence-electron chi connectivity index (χ3n) is 3.43. The predicted octanol–water partition coefficient (Wildman–Crippen LogP) is 2.99. The molecule has 0 atom stereocenters. The van der Waals surface area contributed by atoms with Crippen LogP contribution in [0.5, 0.6) is 11.5 Å². The Balaban J connectivity index is 2.36. The molecule has 23 heavy (non-hydrogen) atoms. The van der Waals surface area contributed by atoms with Crippen LogP contribution in [0.1, 0.15) is 11.1 Å². The van der Waals surface area contributed by atoms with Gasteiger partial charge in [-0.1, -0.05) is 0 Å². The lowest BCUT2D eigenvalue weighted by Gasteiger charge is -2.13. The fourth-order valence-corrected chi connectivity index (χ4v) is 3.27. The molecule has 122 valence electrons. The highest BCUT2D eigenvalue weighted by atomic mass is 32.2. The van der Waals surface area contributed by atoms with Crippen molar-refractivity contribution < 1.29 is 22.3 Å². The molecule has 2 rings (SSSR count). The van der Waals surface area contributed by atoms with E-state index >= 15 is 0 Å². The summed E-state index contributed by atoms with van der Waals surface area (Å²) in [5.41, 5.74) is 1.07. The summed E-state index contributed by atoms with van der Waals surface area (Å²) in [5, 5.41) is 10.6. The molecule has 2 aromatic rings. The first kappa shape index (κ1) is 16.8. The van der Waals surface area contributed by atoms with E-state index in [0.29, 0.717) is 16.9 Å². The molecule has 0 bridgehead atoms. The Hall–Kier alpha value is -2.61. The second-order valence-corrected chi connectivity index (χ2v) is 6.32. The van der Waals surface area contributed by atoms with Gasteiger partial charge in [0.25, 0.3) is 5.69 Å². The maximum absolute atomic E-state index is 12.4. The first-order chi connectivity index (χ1) is 10.8. The monoisotopic (exact) mass is 337 g/mol. The lowest BCUT2D eigenvalue weighted by molar-refractivity contribution is -0.384. The van der Waals surface area contributed by atoms with Crippen LogP contribution in [0.4, 0.5) is 5.69 Å². The van der Waals surface area contributed by atoms with Gasteiger partial charge in [-0.3, -0.25) is 10.1 Å². The molecule has 0 heterocycles. The van der Waals surface area contributed by atoms with Crippen molar-refractivity contribution in [1.29, 1.82) is 0 Å². The summed E-state index contributed by atoms with van der Waals surface area (Å²) in [6.07, 6.45) is 0. The molecule has 0 unspecified atom stereocenters. The molecule has 7 nitrogen and oxygen atoms in total. The van der Waals surface area contributed by atoms with E-state index in [2.05, 4.69) is 0 Å². The molecule has 2 aromatic carbocycles. The minimum Gasteiger partial charge on any atom is -0.496 e. The Morgan fingerprint density at radius 1 is 1.00 bits per heavy atom. The number of nitro groups is 1. The van der Waals surface area contributed by atoms with Gasteiger partial charge in [0.15, 0.2) is 0 Å². The maximum Gasteiger partial charge on any atom is 0.339 e. The van der Waals surface area contributed by atoms with Gasteiger partial charge >= 0.3 is 10.1 Å².